The molecular weight excluding hydrogens is 277 g/mol. The fourth-order valence-corrected chi connectivity index (χ4v) is 2.19. The number of nitrogens with one attached hydrogen (secondary N) is 1. The Morgan fingerprint density at radius 3 is 2.55 bits per heavy atom. The highest BCUT2D eigenvalue weighted by Crippen LogP contribution is 2.18. The smallest absolute Gasteiger partial charge is 0.255 e. The Morgan fingerprint density at radius 2 is 1.85 bits per heavy atom. The second kappa shape index (κ2) is 7.06. The number of hydrogen-bond donors (Lipinski definition) is 1. The molecule has 1 N–H and O–H groups in total. The van der Waals surface area contributed by atoms with Gasteiger partial charge < -0.3 is 5.32 Å². The largest absolute Gasteiger partial charge is 0.352 e. The SMILES string of the molecule is O=C(NCCCc1ccccc1)c1c(F)cccc1Cl. The van der Waals surface area contributed by atoms with Crippen molar-refractivity contribution in [3.63, 3.8) is 0 Å². The van der Waals surface area contributed by atoms with Gasteiger partial charge in [0, 0.05) is 6.54 Å². The summed E-state index contributed by atoms with van der Waals surface area (Å²) >= 11 is 5.83. The van der Waals surface area contributed by atoms with Gasteiger partial charge in [-0.2, -0.15) is 0 Å². The van der Waals surface area contributed by atoms with Gasteiger partial charge in [-0.15, -0.1) is 0 Å². The zero-order chi connectivity index (χ0) is 14.4. The van der Waals surface area contributed by atoms with Gasteiger partial charge in [0.15, 0.2) is 0 Å². The van der Waals surface area contributed by atoms with Gasteiger partial charge in [-0.1, -0.05) is 48.0 Å². The third-order valence-corrected chi connectivity index (χ3v) is 3.28. The van der Waals surface area contributed by atoms with E-state index in [0.717, 1.165) is 12.8 Å². The molecular formula is C16H15ClFNO. The molecule has 0 atom stereocenters. The van der Waals surface area contributed by atoms with Crippen molar-refractivity contribution in [2.75, 3.05) is 6.54 Å². The van der Waals surface area contributed by atoms with E-state index >= 15 is 0 Å². The number of carbonyl (C=O) groups excluding carboxylic acids is 1. The lowest BCUT2D eigenvalue weighted by molar-refractivity contribution is 0.0949. The lowest BCUT2D eigenvalue weighted by Gasteiger charge is -2.07. The van der Waals surface area contributed by atoms with Gasteiger partial charge in [0.1, 0.15) is 5.82 Å². The first-order valence-corrected chi connectivity index (χ1v) is 6.82. The quantitative estimate of drug-likeness (QED) is 0.833. The summed E-state index contributed by atoms with van der Waals surface area (Å²) in [7, 11) is 0. The van der Waals surface area contributed by atoms with Gasteiger partial charge >= 0.3 is 0 Å². The average Bonchev–Trinajstić information content (AvgIpc) is 2.44. The van der Waals surface area contributed by atoms with E-state index in [4.69, 9.17) is 11.6 Å². The minimum absolute atomic E-state index is 0.0890. The van der Waals surface area contributed by atoms with Crippen LogP contribution in [0.5, 0.6) is 0 Å². The first kappa shape index (κ1) is 14.5. The van der Waals surface area contributed by atoms with Crippen molar-refractivity contribution in [1.29, 1.82) is 0 Å². The van der Waals surface area contributed by atoms with Crippen molar-refractivity contribution < 1.29 is 9.18 Å². The lowest BCUT2D eigenvalue weighted by Crippen LogP contribution is -2.26. The molecule has 2 rings (SSSR count). The summed E-state index contributed by atoms with van der Waals surface area (Å²) in [5.74, 6) is -1.07. The molecule has 0 saturated carbocycles. The van der Waals surface area contributed by atoms with Crippen LogP contribution in [0.3, 0.4) is 0 Å². The molecule has 2 aromatic rings. The van der Waals surface area contributed by atoms with Crippen LogP contribution in [-0.2, 0) is 6.42 Å². The van der Waals surface area contributed by atoms with E-state index in [2.05, 4.69) is 5.32 Å². The predicted molar refractivity (Wildman–Crippen MR) is 78.5 cm³/mol. The van der Waals surface area contributed by atoms with E-state index in [0.29, 0.717) is 6.54 Å². The molecule has 4 heteroatoms. The molecule has 0 aromatic heterocycles. The number of halogens is 2. The molecule has 0 bridgehead atoms. The molecule has 20 heavy (non-hydrogen) atoms. The molecule has 0 spiro atoms. The number of benzene rings is 2. The van der Waals surface area contributed by atoms with Crippen molar-refractivity contribution in [2.24, 2.45) is 0 Å². The first-order chi connectivity index (χ1) is 9.68. The monoisotopic (exact) mass is 291 g/mol. The maximum absolute atomic E-state index is 13.5. The molecule has 2 aromatic carbocycles. The molecule has 0 radical (unpaired) electrons. The maximum Gasteiger partial charge on any atom is 0.255 e. The minimum Gasteiger partial charge on any atom is -0.352 e. The van der Waals surface area contributed by atoms with E-state index in [-0.39, 0.29) is 10.6 Å². The molecule has 0 heterocycles. The highest BCUT2D eigenvalue weighted by atomic mass is 35.5. The summed E-state index contributed by atoms with van der Waals surface area (Å²) in [4.78, 5) is 11.9. The lowest BCUT2D eigenvalue weighted by atomic mass is 10.1. The van der Waals surface area contributed by atoms with Gasteiger partial charge in [0.25, 0.3) is 5.91 Å². The Bertz CT molecular complexity index is 566. The zero-order valence-electron chi connectivity index (χ0n) is 10.9. The van der Waals surface area contributed by atoms with Gasteiger partial charge in [-0.25, -0.2) is 4.39 Å². The molecule has 104 valence electrons. The van der Waals surface area contributed by atoms with Crippen LogP contribution >= 0.6 is 11.6 Å². The van der Waals surface area contributed by atoms with E-state index < -0.39 is 11.7 Å². The molecule has 0 unspecified atom stereocenters. The summed E-state index contributed by atoms with van der Waals surface area (Å²) in [6, 6.07) is 14.2. The molecule has 2 nitrogen and oxygen atoms in total. The predicted octanol–water partition coefficient (Wildman–Crippen LogP) is 3.84. The van der Waals surface area contributed by atoms with Crippen LogP contribution in [0.4, 0.5) is 4.39 Å². The van der Waals surface area contributed by atoms with E-state index in [9.17, 15) is 9.18 Å². The number of rotatable bonds is 5. The summed E-state index contributed by atoms with van der Waals surface area (Å²) < 4.78 is 13.5. The molecule has 0 aliphatic rings. The Balaban J connectivity index is 1.84. The highest BCUT2D eigenvalue weighted by Gasteiger charge is 2.14. The fraction of sp³-hybridized carbons (Fsp3) is 0.188. The van der Waals surface area contributed by atoms with Gasteiger partial charge in [0.05, 0.1) is 10.6 Å². The van der Waals surface area contributed by atoms with Crippen LogP contribution in [0.2, 0.25) is 5.02 Å². The van der Waals surface area contributed by atoms with Crippen LogP contribution in [0.25, 0.3) is 0 Å². The molecule has 0 fully saturated rings. The first-order valence-electron chi connectivity index (χ1n) is 6.44. The van der Waals surface area contributed by atoms with E-state index in [1.165, 1.54) is 23.8 Å². The van der Waals surface area contributed by atoms with Crippen molar-refractivity contribution in [1.82, 2.24) is 5.32 Å². The number of amides is 1. The van der Waals surface area contributed by atoms with Crippen molar-refractivity contribution in [2.45, 2.75) is 12.8 Å². The van der Waals surface area contributed by atoms with Gasteiger partial charge in [-0.3, -0.25) is 4.79 Å². The van der Waals surface area contributed by atoms with Crippen LogP contribution < -0.4 is 5.32 Å². The normalized spacial score (nSPS) is 10.3. The van der Waals surface area contributed by atoms with Crippen LogP contribution in [0.15, 0.2) is 48.5 Å². The Labute approximate surface area is 122 Å². The van der Waals surface area contributed by atoms with Crippen molar-refractivity contribution >= 4 is 17.5 Å². The minimum atomic E-state index is -0.599. The summed E-state index contributed by atoms with van der Waals surface area (Å²) in [6.07, 6.45) is 1.66. The standard InChI is InChI=1S/C16H15ClFNO/c17-13-9-4-10-14(18)15(13)16(20)19-11-5-8-12-6-2-1-3-7-12/h1-4,6-7,9-10H,5,8,11H2,(H,19,20). The molecule has 0 saturated heterocycles. The van der Waals surface area contributed by atoms with Gasteiger partial charge in [0.2, 0.25) is 0 Å². The van der Waals surface area contributed by atoms with E-state index in [1.807, 2.05) is 30.3 Å². The second-order valence-electron chi connectivity index (χ2n) is 4.44. The summed E-state index contributed by atoms with van der Waals surface area (Å²) in [6.45, 7) is 0.485. The zero-order valence-corrected chi connectivity index (χ0v) is 11.7. The summed E-state index contributed by atoms with van der Waals surface area (Å²) in [5, 5.41) is 2.82. The van der Waals surface area contributed by atoms with Gasteiger partial charge in [-0.05, 0) is 30.5 Å². The average molecular weight is 292 g/mol. The number of carbonyl (C=O) groups is 1. The van der Waals surface area contributed by atoms with Crippen molar-refractivity contribution in [3.05, 3.63) is 70.5 Å². The van der Waals surface area contributed by atoms with Crippen LogP contribution in [0.1, 0.15) is 22.3 Å². The number of aryl methyl sites for hydroxylation is 1. The molecule has 0 aliphatic heterocycles. The highest BCUT2D eigenvalue weighted by molar-refractivity contribution is 6.33. The third kappa shape index (κ3) is 3.81. The fourth-order valence-electron chi connectivity index (χ4n) is 1.94. The topological polar surface area (TPSA) is 29.1 Å². The molecule has 0 aliphatic carbocycles. The van der Waals surface area contributed by atoms with Crippen LogP contribution in [-0.4, -0.2) is 12.5 Å². The van der Waals surface area contributed by atoms with Crippen molar-refractivity contribution in [3.8, 4) is 0 Å². The summed E-state index contributed by atoms with van der Waals surface area (Å²) in [5.41, 5.74) is 1.12. The Hall–Kier alpha value is -1.87. The Kier molecular flexibility index (Phi) is 5.13. The number of hydrogen-bond acceptors (Lipinski definition) is 1. The Morgan fingerprint density at radius 1 is 1.10 bits per heavy atom. The maximum atomic E-state index is 13.5. The van der Waals surface area contributed by atoms with E-state index in [1.54, 1.807) is 0 Å². The second-order valence-corrected chi connectivity index (χ2v) is 4.85. The van der Waals surface area contributed by atoms with Crippen LogP contribution in [0, 0.1) is 5.82 Å². The third-order valence-electron chi connectivity index (χ3n) is 2.96. The molecule has 1 amide bonds.